The Hall–Kier alpha value is -1.84. The van der Waals surface area contributed by atoms with Crippen molar-refractivity contribution < 1.29 is 9.18 Å². The van der Waals surface area contributed by atoms with Crippen molar-refractivity contribution in [2.24, 2.45) is 17.8 Å². The van der Waals surface area contributed by atoms with Gasteiger partial charge < -0.3 is 10.6 Å². The van der Waals surface area contributed by atoms with Gasteiger partial charge in [0.25, 0.3) is 0 Å². The fraction of sp³-hybridized carbons (Fsp3) is 0.500. The van der Waals surface area contributed by atoms with Crippen LogP contribution >= 0.6 is 0 Å². The molecule has 2 fully saturated rings. The second-order valence-electron chi connectivity index (χ2n) is 6.63. The Morgan fingerprint density at radius 3 is 2.91 bits per heavy atom. The average Bonchev–Trinajstić information content (AvgIpc) is 3.10. The second-order valence-corrected chi connectivity index (χ2v) is 6.63. The predicted octanol–water partition coefficient (Wildman–Crippen LogP) is 3.92. The number of halogens is 1. The molecule has 0 heterocycles. The van der Waals surface area contributed by atoms with Crippen LogP contribution in [0.3, 0.4) is 0 Å². The van der Waals surface area contributed by atoms with E-state index in [1.165, 1.54) is 37.8 Å². The number of fused-ring (bicyclic) bond motifs is 2. The lowest BCUT2D eigenvalue weighted by Crippen LogP contribution is -2.43. The van der Waals surface area contributed by atoms with Crippen molar-refractivity contribution in [1.29, 1.82) is 0 Å². The Balaban J connectivity index is 1.46. The Morgan fingerprint density at radius 2 is 2.23 bits per heavy atom. The van der Waals surface area contributed by atoms with E-state index in [-0.39, 0.29) is 17.9 Å². The summed E-state index contributed by atoms with van der Waals surface area (Å²) in [5, 5.41) is 5.72. The summed E-state index contributed by atoms with van der Waals surface area (Å²) in [5.41, 5.74) is 0.724. The van der Waals surface area contributed by atoms with Gasteiger partial charge in [-0.1, -0.05) is 18.6 Å². The van der Waals surface area contributed by atoms with E-state index in [1.54, 1.807) is 24.4 Å². The number of hydrogen-bond donors (Lipinski definition) is 2. The highest BCUT2D eigenvalue weighted by molar-refractivity contribution is 5.76. The van der Waals surface area contributed by atoms with Gasteiger partial charge in [-0.15, -0.1) is 0 Å². The van der Waals surface area contributed by atoms with Gasteiger partial charge in [-0.25, -0.2) is 9.18 Å². The topological polar surface area (TPSA) is 41.1 Å². The number of carbonyl (C=O) groups is 1. The number of nitrogens with one attached hydrogen (secondary N) is 2. The molecule has 0 spiro atoms. The number of benzene rings is 1. The molecule has 3 nitrogen and oxygen atoms in total. The summed E-state index contributed by atoms with van der Waals surface area (Å²) >= 11 is 0. The number of urea groups is 1. The smallest absolute Gasteiger partial charge is 0.318 e. The van der Waals surface area contributed by atoms with Crippen molar-refractivity contribution in [3.63, 3.8) is 0 Å². The average molecular weight is 302 g/mol. The first kappa shape index (κ1) is 15.1. The van der Waals surface area contributed by atoms with E-state index in [1.807, 2.05) is 0 Å². The van der Waals surface area contributed by atoms with E-state index in [0.29, 0.717) is 5.92 Å². The van der Waals surface area contributed by atoms with Crippen LogP contribution in [0.15, 0.2) is 30.5 Å². The van der Waals surface area contributed by atoms with E-state index in [4.69, 9.17) is 0 Å². The maximum absolute atomic E-state index is 13.0. The van der Waals surface area contributed by atoms with E-state index in [9.17, 15) is 9.18 Å². The highest BCUT2D eigenvalue weighted by atomic mass is 19.1. The van der Waals surface area contributed by atoms with E-state index >= 15 is 0 Å². The van der Waals surface area contributed by atoms with Crippen LogP contribution in [0.25, 0.3) is 6.08 Å². The molecule has 1 aromatic rings. The third kappa shape index (κ3) is 3.49. The largest absolute Gasteiger partial charge is 0.335 e. The summed E-state index contributed by atoms with van der Waals surface area (Å²) in [6.45, 7) is 2.10. The van der Waals surface area contributed by atoms with Crippen LogP contribution in [0.4, 0.5) is 9.18 Å². The molecular weight excluding hydrogens is 279 g/mol. The Morgan fingerprint density at radius 1 is 1.36 bits per heavy atom. The van der Waals surface area contributed by atoms with Crippen molar-refractivity contribution in [3.8, 4) is 0 Å². The molecule has 2 aliphatic carbocycles. The summed E-state index contributed by atoms with van der Waals surface area (Å²) in [5.74, 6) is 2.02. The first-order chi connectivity index (χ1) is 10.6. The summed E-state index contributed by atoms with van der Waals surface area (Å²) in [7, 11) is 0. The molecule has 1 aromatic carbocycles. The predicted molar refractivity (Wildman–Crippen MR) is 85.5 cm³/mol. The zero-order valence-electron chi connectivity index (χ0n) is 12.9. The minimum Gasteiger partial charge on any atom is -0.335 e. The third-order valence-corrected chi connectivity index (χ3v) is 5.13. The second kappa shape index (κ2) is 6.51. The number of amides is 2. The zero-order valence-corrected chi connectivity index (χ0v) is 12.9. The summed E-state index contributed by atoms with van der Waals surface area (Å²) in [4.78, 5) is 11.9. The quantitative estimate of drug-likeness (QED) is 0.869. The fourth-order valence-corrected chi connectivity index (χ4v) is 4.09. The van der Waals surface area contributed by atoms with Crippen LogP contribution in [0, 0.1) is 23.6 Å². The van der Waals surface area contributed by atoms with E-state index in [2.05, 4.69) is 17.6 Å². The number of carbonyl (C=O) groups excluding carboxylic acids is 1. The molecule has 0 aliphatic heterocycles. The molecule has 4 atom stereocenters. The van der Waals surface area contributed by atoms with Gasteiger partial charge in [-0.05, 0) is 67.7 Å². The lowest BCUT2D eigenvalue weighted by Gasteiger charge is -2.28. The van der Waals surface area contributed by atoms with Crippen LogP contribution in [0.1, 0.15) is 38.2 Å². The molecule has 0 radical (unpaired) electrons. The lowest BCUT2D eigenvalue weighted by atomic mass is 9.84. The highest BCUT2D eigenvalue weighted by Crippen LogP contribution is 2.49. The summed E-state index contributed by atoms with van der Waals surface area (Å²) < 4.78 is 13.0. The minimum absolute atomic E-state index is 0.192. The summed E-state index contributed by atoms with van der Waals surface area (Å²) in [6.07, 6.45) is 8.53. The molecule has 4 heteroatoms. The molecule has 4 unspecified atom stereocenters. The molecule has 22 heavy (non-hydrogen) atoms. The molecule has 0 aromatic heterocycles. The Bertz CT molecular complexity index is 572. The minimum atomic E-state index is -0.281. The Labute approximate surface area is 131 Å². The van der Waals surface area contributed by atoms with Gasteiger partial charge in [-0.2, -0.15) is 0 Å². The van der Waals surface area contributed by atoms with Gasteiger partial charge in [0, 0.05) is 12.2 Å². The molecule has 118 valence electrons. The Kier molecular flexibility index (Phi) is 4.46. The monoisotopic (exact) mass is 302 g/mol. The maximum atomic E-state index is 13.0. The summed E-state index contributed by atoms with van der Waals surface area (Å²) in [6, 6.07) is 6.27. The maximum Gasteiger partial charge on any atom is 0.318 e. The van der Waals surface area contributed by atoms with Crippen LogP contribution in [0.2, 0.25) is 0 Å². The van der Waals surface area contributed by atoms with Gasteiger partial charge >= 0.3 is 6.03 Å². The first-order valence-electron chi connectivity index (χ1n) is 8.11. The molecular formula is C18H23FN2O. The highest BCUT2D eigenvalue weighted by Gasteiger charge is 2.42. The normalized spacial score (nSPS) is 28.0. The van der Waals surface area contributed by atoms with Crippen LogP contribution in [0.5, 0.6) is 0 Å². The molecule has 2 amide bonds. The molecule has 3 rings (SSSR count). The van der Waals surface area contributed by atoms with Crippen molar-refractivity contribution >= 4 is 12.1 Å². The first-order valence-corrected chi connectivity index (χ1v) is 8.11. The van der Waals surface area contributed by atoms with Gasteiger partial charge in [0.1, 0.15) is 5.82 Å². The van der Waals surface area contributed by atoms with Crippen molar-refractivity contribution in [1.82, 2.24) is 10.6 Å². The SMILES string of the molecule is CC(NC(=O)N/C=C/c1cccc(F)c1)C1CC2CCC1C2. The van der Waals surface area contributed by atoms with Crippen molar-refractivity contribution in [3.05, 3.63) is 41.8 Å². The van der Waals surface area contributed by atoms with Crippen LogP contribution < -0.4 is 10.6 Å². The van der Waals surface area contributed by atoms with E-state index in [0.717, 1.165) is 17.4 Å². The van der Waals surface area contributed by atoms with Crippen molar-refractivity contribution in [2.45, 2.75) is 38.6 Å². The standard InChI is InChI=1S/C18H23FN2O/c1-12(17-11-14-5-6-15(17)9-14)21-18(22)20-8-7-13-3-2-4-16(19)10-13/h2-4,7-8,10,12,14-15,17H,5-6,9,11H2,1H3,(H2,20,21,22)/b8-7+. The van der Waals surface area contributed by atoms with Gasteiger partial charge in [0.15, 0.2) is 0 Å². The molecule has 0 saturated heterocycles. The molecule has 2 bridgehead atoms. The fourth-order valence-electron chi connectivity index (χ4n) is 4.09. The number of rotatable bonds is 4. The zero-order chi connectivity index (χ0) is 15.5. The van der Waals surface area contributed by atoms with Crippen LogP contribution in [-0.4, -0.2) is 12.1 Å². The lowest BCUT2D eigenvalue weighted by molar-refractivity contribution is 0.223. The van der Waals surface area contributed by atoms with Crippen LogP contribution in [-0.2, 0) is 0 Å². The van der Waals surface area contributed by atoms with Gasteiger partial charge in [-0.3, -0.25) is 0 Å². The number of hydrogen-bond acceptors (Lipinski definition) is 1. The van der Waals surface area contributed by atoms with Gasteiger partial charge in [0.2, 0.25) is 0 Å². The van der Waals surface area contributed by atoms with E-state index < -0.39 is 0 Å². The molecule has 2 aliphatic rings. The van der Waals surface area contributed by atoms with Gasteiger partial charge in [0.05, 0.1) is 0 Å². The third-order valence-electron chi connectivity index (χ3n) is 5.13. The van der Waals surface area contributed by atoms with Crippen molar-refractivity contribution in [2.75, 3.05) is 0 Å². The molecule has 2 saturated carbocycles. The molecule has 2 N–H and O–H groups in total.